The molecule has 3 heterocycles. The van der Waals surface area contributed by atoms with Crippen LogP contribution in [0, 0.1) is 11.6 Å². The largest absolute Gasteiger partial charge is 0.491 e. The van der Waals surface area contributed by atoms with Gasteiger partial charge in [-0.2, -0.15) is 0 Å². The van der Waals surface area contributed by atoms with Gasteiger partial charge in [-0.25, -0.2) is 28.7 Å². The van der Waals surface area contributed by atoms with E-state index in [1.807, 2.05) is 6.92 Å². The Bertz CT molecular complexity index is 1080. The van der Waals surface area contributed by atoms with Gasteiger partial charge in [0.25, 0.3) is 5.91 Å². The fraction of sp³-hybridized carbons (Fsp3) is 0.250. The van der Waals surface area contributed by atoms with E-state index in [4.69, 9.17) is 4.74 Å². The standard InChI is InChI=1S/C20H17F2N5O2/c1-3-15-11-8-13(21)16(29-4-2)9-12(11)20(28)27(15)19-14(22)10-25-18(26-19)17-23-6-5-7-24-17/h5-10,15H,3-4H2,1-2H3/t15-/m0/s1. The number of hydrogen-bond donors (Lipinski definition) is 0. The number of hydrogen-bond acceptors (Lipinski definition) is 6. The van der Waals surface area contributed by atoms with Gasteiger partial charge in [-0.05, 0) is 37.1 Å². The van der Waals surface area contributed by atoms with Gasteiger partial charge in [-0.1, -0.05) is 6.92 Å². The van der Waals surface area contributed by atoms with Gasteiger partial charge < -0.3 is 4.74 Å². The second kappa shape index (κ2) is 7.50. The first-order chi connectivity index (χ1) is 14.0. The van der Waals surface area contributed by atoms with Crippen molar-refractivity contribution in [1.82, 2.24) is 19.9 Å². The van der Waals surface area contributed by atoms with E-state index in [1.165, 1.54) is 29.4 Å². The zero-order valence-corrected chi connectivity index (χ0v) is 15.8. The Morgan fingerprint density at radius 3 is 2.52 bits per heavy atom. The summed E-state index contributed by atoms with van der Waals surface area (Å²) in [6.07, 6.45) is 4.44. The summed E-state index contributed by atoms with van der Waals surface area (Å²) in [5.41, 5.74) is 0.728. The summed E-state index contributed by atoms with van der Waals surface area (Å²) in [4.78, 5) is 30.6. The van der Waals surface area contributed by atoms with Gasteiger partial charge >= 0.3 is 0 Å². The molecule has 148 valence electrons. The number of nitrogens with zero attached hydrogens (tertiary/aromatic N) is 5. The number of ether oxygens (including phenoxy) is 1. The fourth-order valence-corrected chi connectivity index (χ4v) is 3.40. The van der Waals surface area contributed by atoms with Gasteiger partial charge in [0.05, 0.1) is 18.8 Å². The number of carbonyl (C=O) groups is 1. The smallest absolute Gasteiger partial charge is 0.260 e. The molecule has 9 heteroatoms. The zero-order valence-electron chi connectivity index (χ0n) is 15.8. The van der Waals surface area contributed by atoms with Crippen molar-refractivity contribution in [3.05, 3.63) is 59.6 Å². The molecule has 0 aliphatic carbocycles. The Balaban J connectivity index is 1.82. The van der Waals surface area contributed by atoms with Gasteiger partial charge in [0.15, 0.2) is 34.9 Å². The van der Waals surface area contributed by atoms with E-state index in [0.29, 0.717) is 12.0 Å². The van der Waals surface area contributed by atoms with Gasteiger partial charge in [-0.15, -0.1) is 0 Å². The molecule has 29 heavy (non-hydrogen) atoms. The number of fused-ring (bicyclic) bond motifs is 1. The van der Waals surface area contributed by atoms with Crippen molar-refractivity contribution < 1.29 is 18.3 Å². The van der Waals surface area contributed by atoms with Gasteiger partial charge in [0.1, 0.15) is 0 Å². The van der Waals surface area contributed by atoms with Crippen LogP contribution >= 0.6 is 0 Å². The molecule has 0 N–H and O–H groups in total. The number of rotatable bonds is 5. The van der Waals surface area contributed by atoms with Crippen molar-refractivity contribution in [3.8, 4) is 17.4 Å². The van der Waals surface area contributed by atoms with E-state index in [9.17, 15) is 13.6 Å². The maximum atomic E-state index is 14.7. The van der Waals surface area contributed by atoms with Gasteiger partial charge in [-0.3, -0.25) is 9.69 Å². The highest BCUT2D eigenvalue weighted by atomic mass is 19.1. The molecular formula is C20H17F2N5O2. The summed E-state index contributed by atoms with van der Waals surface area (Å²) < 4.78 is 34.3. The number of carbonyl (C=O) groups excluding carboxylic acids is 1. The average Bonchev–Trinajstić information content (AvgIpc) is 3.00. The molecule has 0 bridgehead atoms. The normalized spacial score (nSPS) is 15.5. The minimum atomic E-state index is -0.769. The quantitative estimate of drug-likeness (QED) is 0.653. The summed E-state index contributed by atoms with van der Waals surface area (Å²) in [6, 6.07) is 3.69. The third kappa shape index (κ3) is 3.18. The lowest BCUT2D eigenvalue weighted by molar-refractivity contribution is 0.0988. The predicted molar refractivity (Wildman–Crippen MR) is 100 cm³/mol. The molecular weight excluding hydrogens is 380 g/mol. The Kier molecular flexibility index (Phi) is 4.87. The lowest BCUT2D eigenvalue weighted by atomic mass is 10.0. The Morgan fingerprint density at radius 2 is 1.83 bits per heavy atom. The van der Waals surface area contributed by atoms with Crippen molar-refractivity contribution in [3.63, 3.8) is 0 Å². The van der Waals surface area contributed by atoms with E-state index in [2.05, 4.69) is 19.9 Å². The number of aromatic nitrogens is 4. The highest BCUT2D eigenvalue weighted by Gasteiger charge is 2.40. The molecule has 0 radical (unpaired) electrons. The summed E-state index contributed by atoms with van der Waals surface area (Å²) in [6.45, 7) is 3.81. The highest BCUT2D eigenvalue weighted by Crippen LogP contribution is 2.41. The maximum absolute atomic E-state index is 14.7. The van der Waals surface area contributed by atoms with Crippen LogP contribution in [-0.4, -0.2) is 32.4 Å². The zero-order chi connectivity index (χ0) is 20.5. The minimum absolute atomic E-state index is 0.0159. The third-order valence-electron chi connectivity index (χ3n) is 4.63. The average molecular weight is 397 g/mol. The molecule has 7 nitrogen and oxygen atoms in total. The Labute approximate surface area is 165 Å². The molecule has 1 amide bonds. The van der Waals surface area contributed by atoms with E-state index in [0.717, 1.165) is 6.20 Å². The molecule has 1 atom stereocenters. The molecule has 2 aromatic heterocycles. The van der Waals surface area contributed by atoms with Gasteiger partial charge in [0.2, 0.25) is 0 Å². The van der Waals surface area contributed by atoms with Crippen molar-refractivity contribution in [2.24, 2.45) is 0 Å². The van der Waals surface area contributed by atoms with Crippen molar-refractivity contribution in [2.75, 3.05) is 11.5 Å². The van der Waals surface area contributed by atoms with E-state index in [-0.39, 0.29) is 35.4 Å². The monoisotopic (exact) mass is 397 g/mol. The van der Waals surface area contributed by atoms with Crippen LogP contribution < -0.4 is 9.64 Å². The van der Waals surface area contributed by atoms with Crippen LogP contribution in [0.15, 0.2) is 36.8 Å². The second-order valence-electron chi connectivity index (χ2n) is 6.34. The van der Waals surface area contributed by atoms with Crippen LogP contribution in [0.4, 0.5) is 14.6 Å². The number of amides is 1. The first-order valence-electron chi connectivity index (χ1n) is 9.14. The summed E-state index contributed by atoms with van der Waals surface area (Å²) in [7, 11) is 0. The van der Waals surface area contributed by atoms with Crippen LogP contribution in [0.1, 0.15) is 42.2 Å². The molecule has 3 aromatic rings. The molecule has 1 aliphatic rings. The first-order valence-corrected chi connectivity index (χ1v) is 9.14. The Morgan fingerprint density at radius 1 is 1.07 bits per heavy atom. The summed E-state index contributed by atoms with van der Waals surface area (Å²) >= 11 is 0. The lowest BCUT2D eigenvalue weighted by Gasteiger charge is -2.23. The predicted octanol–water partition coefficient (Wildman–Crippen LogP) is 3.72. The second-order valence-corrected chi connectivity index (χ2v) is 6.34. The minimum Gasteiger partial charge on any atom is -0.491 e. The molecule has 1 aromatic carbocycles. The van der Waals surface area contributed by atoms with E-state index in [1.54, 1.807) is 13.0 Å². The van der Waals surface area contributed by atoms with Crippen molar-refractivity contribution in [2.45, 2.75) is 26.3 Å². The molecule has 0 fully saturated rings. The molecule has 0 saturated carbocycles. The topological polar surface area (TPSA) is 81.1 Å². The molecule has 4 rings (SSSR count). The molecule has 0 saturated heterocycles. The van der Waals surface area contributed by atoms with E-state index < -0.39 is 23.6 Å². The van der Waals surface area contributed by atoms with Crippen LogP contribution in [0.25, 0.3) is 11.6 Å². The molecule has 0 spiro atoms. The van der Waals surface area contributed by atoms with Crippen molar-refractivity contribution >= 4 is 11.7 Å². The highest BCUT2D eigenvalue weighted by molar-refractivity contribution is 6.11. The van der Waals surface area contributed by atoms with Crippen LogP contribution in [0.5, 0.6) is 5.75 Å². The van der Waals surface area contributed by atoms with E-state index >= 15 is 0 Å². The number of anilines is 1. The fourth-order valence-electron chi connectivity index (χ4n) is 3.40. The van der Waals surface area contributed by atoms with Crippen LogP contribution in [-0.2, 0) is 0 Å². The van der Waals surface area contributed by atoms with Crippen molar-refractivity contribution in [1.29, 1.82) is 0 Å². The molecule has 1 aliphatic heterocycles. The maximum Gasteiger partial charge on any atom is 0.260 e. The first kappa shape index (κ1) is 18.9. The Hall–Kier alpha value is -3.49. The summed E-state index contributed by atoms with van der Waals surface area (Å²) in [5, 5.41) is 0. The SMILES string of the molecule is CCOc1cc2c(cc1F)[C@H](CC)N(c1nc(-c3ncccn3)ncc1F)C2=O. The molecule has 0 unspecified atom stereocenters. The number of halogens is 2. The van der Waals surface area contributed by atoms with Gasteiger partial charge in [0, 0.05) is 18.0 Å². The van der Waals surface area contributed by atoms with Crippen LogP contribution in [0.3, 0.4) is 0 Å². The lowest BCUT2D eigenvalue weighted by Crippen LogP contribution is -2.29. The summed E-state index contributed by atoms with van der Waals surface area (Å²) in [5.74, 6) is -1.75. The third-order valence-corrected chi connectivity index (χ3v) is 4.63. The number of benzene rings is 1. The van der Waals surface area contributed by atoms with Crippen LogP contribution in [0.2, 0.25) is 0 Å².